The molecule has 1 aromatic carbocycles. The molecule has 0 aliphatic rings. The maximum Gasteiger partial charge on any atom is 0.138 e. The van der Waals surface area contributed by atoms with Crippen LogP contribution in [0.5, 0.6) is 0 Å². The normalized spacial score (nSPS) is 11.8. The topological polar surface area (TPSA) is 44.5 Å². The van der Waals surface area contributed by atoms with Crippen molar-refractivity contribution in [1.29, 1.82) is 0 Å². The van der Waals surface area contributed by atoms with Crippen molar-refractivity contribution in [3.8, 4) is 0 Å². The van der Waals surface area contributed by atoms with Crippen molar-refractivity contribution >= 4 is 32.8 Å². The maximum absolute atomic E-state index is 4.33. The molecule has 3 nitrogen and oxygen atoms in total. The number of aromatic nitrogens is 3. The van der Waals surface area contributed by atoms with Crippen molar-refractivity contribution in [2.45, 2.75) is 0 Å². The first-order valence-corrected chi connectivity index (χ1v) is 5.25. The summed E-state index contributed by atoms with van der Waals surface area (Å²) in [6, 6.07) is 10.5. The number of aromatic amines is 2. The summed E-state index contributed by atoms with van der Waals surface area (Å²) in [6.45, 7) is 0. The molecule has 0 saturated heterocycles. The number of H-pyrrole nitrogens is 2. The third-order valence-corrected chi connectivity index (χ3v) is 3.04. The monoisotopic (exact) mass is 207 g/mol. The summed E-state index contributed by atoms with van der Waals surface area (Å²) in [5.74, 6) is 0. The number of nitrogens with zero attached hydrogens (tertiary/aromatic N) is 1. The first-order chi connectivity index (χ1) is 7.92. The molecule has 0 spiro atoms. The Bertz CT molecular complexity index is 808. The molecule has 0 atom stereocenters. The van der Waals surface area contributed by atoms with Gasteiger partial charge in [-0.1, -0.05) is 0 Å². The minimum atomic E-state index is 0.949. The summed E-state index contributed by atoms with van der Waals surface area (Å²) >= 11 is 0. The van der Waals surface area contributed by atoms with Crippen LogP contribution < -0.4 is 0 Å². The van der Waals surface area contributed by atoms with Gasteiger partial charge in [-0.05, 0) is 30.3 Å². The van der Waals surface area contributed by atoms with E-state index in [-0.39, 0.29) is 0 Å². The fourth-order valence-electron chi connectivity index (χ4n) is 2.28. The predicted molar refractivity (Wildman–Crippen MR) is 65.5 cm³/mol. The second kappa shape index (κ2) is 2.64. The first-order valence-electron chi connectivity index (χ1n) is 5.25. The van der Waals surface area contributed by atoms with Crippen LogP contribution in [0.2, 0.25) is 0 Å². The Morgan fingerprint density at radius 2 is 2.00 bits per heavy atom. The third kappa shape index (κ3) is 0.896. The van der Waals surface area contributed by atoms with Crippen LogP contribution in [-0.4, -0.2) is 15.0 Å². The molecule has 0 unspecified atom stereocenters. The van der Waals surface area contributed by atoms with Crippen LogP contribution >= 0.6 is 0 Å². The van der Waals surface area contributed by atoms with Gasteiger partial charge in [0.2, 0.25) is 0 Å². The molecule has 3 heterocycles. The lowest BCUT2D eigenvalue weighted by Crippen LogP contribution is -1.71. The van der Waals surface area contributed by atoms with Crippen LogP contribution in [0.25, 0.3) is 32.8 Å². The minimum Gasteiger partial charge on any atom is -0.361 e. The second-order valence-corrected chi connectivity index (χ2v) is 3.99. The molecule has 16 heavy (non-hydrogen) atoms. The molecule has 3 heteroatoms. The first kappa shape index (κ1) is 7.93. The molecule has 0 amide bonds. The molecule has 76 valence electrons. The van der Waals surface area contributed by atoms with Gasteiger partial charge in [-0.3, -0.25) is 0 Å². The Balaban J connectivity index is 2.32. The van der Waals surface area contributed by atoms with Crippen molar-refractivity contribution in [3.05, 3.63) is 42.7 Å². The third-order valence-electron chi connectivity index (χ3n) is 3.04. The van der Waals surface area contributed by atoms with Gasteiger partial charge in [0.25, 0.3) is 0 Å². The molecular weight excluding hydrogens is 198 g/mol. The average Bonchev–Trinajstić information content (AvgIpc) is 2.88. The van der Waals surface area contributed by atoms with E-state index in [4.69, 9.17) is 0 Å². The van der Waals surface area contributed by atoms with Gasteiger partial charge in [0.15, 0.2) is 0 Å². The number of hydrogen-bond acceptors (Lipinski definition) is 1. The fraction of sp³-hybridized carbons (Fsp3) is 0. The van der Waals surface area contributed by atoms with Gasteiger partial charge >= 0.3 is 0 Å². The predicted octanol–water partition coefficient (Wildman–Crippen LogP) is 3.20. The van der Waals surface area contributed by atoms with Crippen LogP contribution in [0.15, 0.2) is 42.7 Å². The summed E-state index contributed by atoms with van der Waals surface area (Å²) in [7, 11) is 0. The summed E-state index contributed by atoms with van der Waals surface area (Å²) in [5.41, 5.74) is 3.23. The van der Waals surface area contributed by atoms with Crippen molar-refractivity contribution in [1.82, 2.24) is 15.0 Å². The van der Waals surface area contributed by atoms with E-state index in [2.05, 4.69) is 39.2 Å². The number of benzene rings is 1. The van der Waals surface area contributed by atoms with Gasteiger partial charge in [-0.25, -0.2) is 4.98 Å². The van der Waals surface area contributed by atoms with E-state index in [1.54, 1.807) is 0 Å². The average molecular weight is 207 g/mol. The largest absolute Gasteiger partial charge is 0.361 e. The van der Waals surface area contributed by atoms with Gasteiger partial charge in [-0.15, -0.1) is 0 Å². The van der Waals surface area contributed by atoms with Gasteiger partial charge in [-0.2, -0.15) is 0 Å². The maximum atomic E-state index is 4.33. The van der Waals surface area contributed by atoms with Crippen molar-refractivity contribution < 1.29 is 0 Å². The van der Waals surface area contributed by atoms with Gasteiger partial charge in [0.05, 0.1) is 0 Å². The van der Waals surface area contributed by atoms with Crippen molar-refractivity contribution in [2.24, 2.45) is 0 Å². The lowest BCUT2D eigenvalue weighted by Gasteiger charge is -1.92. The molecule has 4 rings (SSSR count). The molecular formula is C13H9N3. The van der Waals surface area contributed by atoms with E-state index in [1.165, 1.54) is 16.2 Å². The second-order valence-electron chi connectivity index (χ2n) is 3.99. The molecule has 0 aliphatic carbocycles. The molecule has 0 aliphatic heterocycles. The van der Waals surface area contributed by atoms with Crippen LogP contribution in [0.1, 0.15) is 0 Å². The highest BCUT2D eigenvalue weighted by atomic mass is 14.8. The van der Waals surface area contributed by atoms with E-state index in [1.807, 2.05) is 18.5 Å². The van der Waals surface area contributed by atoms with Crippen molar-refractivity contribution in [2.75, 3.05) is 0 Å². The molecule has 2 N–H and O–H groups in total. The molecule has 0 bridgehead atoms. The van der Waals surface area contributed by atoms with E-state index in [0.29, 0.717) is 0 Å². The number of hydrogen-bond donors (Lipinski definition) is 2. The fourth-order valence-corrected chi connectivity index (χ4v) is 2.28. The summed E-state index contributed by atoms with van der Waals surface area (Å²) in [6.07, 6.45) is 3.77. The Morgan fingerprint density at radius 3 is 3.00 bits per heavy atom. The quantitative estimate of drug-likeness (QED) is 0.457. The minimum absolute atomic E-state index is 0.949. The number of nitrogens with one attached hydrogen (secondary N) is 2. The van der Waals surface area contributed by atoms with E-state index >= 15 is 0 Å². The smallest absolute Gasteiger partial charge is 0.138 e. The number of rotatable bonds is 0. The Morgan fingerprint density at radius 1 is 1.00 bits per heavy atom. The number of fused-ring (bicyclic) bond motifs is 4. The molecule has 0 fully saturated rings. The van der Waals surface area contributed by atoms with Crippen molar-refractivity contribution in [3.63, 3.8) is 0 Å². The SMILES string of the molecule is c1cnc2[nH]c3cc4[nH]ccc4cc3c2c1. The summed E-state index contributed by atoms with van der Waals surface area (Å²) in [4.78, 5) is 10.9. The highest BCUT2D eigenvalue weighted by molar-refractivity contribution is 6.10. The van der Waals surface area contributed by atoms with Gasteiger partial charge in [0, 0.05) is 39.6 Å². The van der Waals surface area contributed by atoms with Gasteiger partial charge in [0.1, 0.15) is 5.65 Å². The summed E-state index contributed by atoms with van der Waals surface area (Å²) < 4.78 is 0. The summed E-state index contributed by atoms with van der Waals surface area (Å²) in [5, 5.41) is 3.65. The molecule has 3 aromatic heterocycles. The Hall–Kier alpha value is -2.29. The lowest BCUT2D eigenvalue weighted by atomic mass is 10.1. The van der Waals surface area contributed by atoms with Crippen LogP contribution in [0.3, 0.4) is 0 Å². The Labute approximate surface area is 91.1 Å². The van der Waals surface area contributed by atoms with Crippen LogP contribution in [0, 0.1) is 0 Å². The van der Waals surface area contributed by atoms with E-state index in [9.17, 15) is 0 Å². The number of pyridine rings is 1. The zero-order valence-electron chi connectivity index (χ0n) is 8.49. The van der Waals surface area contributed by atoms with Crippen LogP contribution in [0.4, 0.5) is 0 Å². The van der Waals surface area contributed by atoms with E-state index < -0.39 is 0 Å². The van der Waals surface area contributed by atoms with E-state index in [0.717, 1.165) is 16.7 Å². The zero-order valence-corrected chi connectivity index (χ0v) is 8.49. The van der Waals surface area contributed by atoms with Gasteiger partial charge < -0.3 is 9.97 Å². The highest BCUT2D eigenvalue weighted by Gasteiger charge is 2.05. The van der Waals surface area contributed by atoms with Crippen LogP contribution in [-0.2, 0) is 0 Å². The standard InChI is InChI=1S/C13H9N3/c1-2-9-10-6-8-3-5-14-11(8)7-12(10)16-13(9)15-4-1/h1-7,14H,(H,15,16). The Kier molecular flexibility index (Phi) is 1.31. The lowest BCUT2D eigenvalue weighted by molar-refractivity contribution is 1.35. The molecule has 4 aromatic rings. The highest BCUT2D eigenvalue weighted by Crippen LogP contribution is 2.27. The molecule has 0 radical (unpaired) electrons. The molecule has 0 saturated carbocycles. The zero-order chi connectivity index (χ0) is 10.5.